The SMILES string of the molecule is CC1=C(CC(=O)[O-])c2cc(F)ccc2/C1=C/c1ccc(S(C)(=O)=O)cc1.[Na+]. The summed E-state index contributed by atoms with van der Waals surface area (Å²) in [6, 6.07) is 10.7. The summed E-state index contributed by atoms with van der Waals surface area (Å²) in [6.07, 6.45) is 2.67. The summed E-state index contributed by atoms with van der Waals surface area (Å²) in [5.41, 5.74) is 4.10. The van der Waals surface area contributed by atoms with Crippen molar-refractivity contribution in [2.75, 3.05) is 6.26 Å². The van der Waals surface area contributed by atoms with Gasteiger partial charge in [-0.15, -0.1) is 0 Å². The number of rotatable bonds is 4. The van der Waals surface area contributed by atoms with Crippen molar-refractivity contribution in [2.45, 2.75) is 18.2 Å². The maximum atomic E-state index is 13.6. The zero-order valence-electron chi connectivity index (χ0n) is 15.2. The number of hydrogen-bond donors (Lipinski definition) is 0. The first-order chi connectivity index (χ1) is 12.2. The largest absolute Gasteiger partial charge is 1.00 e. The zero-order chi connectivity index (χ0) is 19.1. The normalized spacial score (nSPS) is 14.9. The molecule has 0 aliphatic heterocycles. The fraction of sp³-hybridized carbons (Fsp3) is 0.150. The molecule has 27 heavy (non-hydrogen) atoms. The minimum Gasteiger partial charge on any atom is -0.550 e. The molecule has 1 aliphatic carbocycles. The van der Waals surface area contributed by atoms with E-state index >= 15 is 0 Å². The van der Waals surface area contributed by atoms with E-state index in [1.165, 1.54) is 24.3 Å². The number of carboxylic acids is 1. The topological polar surface area (TPSA) is 74.3 Å². The van der Waals surface area contributed by atoms with Crippen molar-refractivity contribution in [1.82, 2.24) is 0 Å². The van der Waals surface area contributed by atoms with Gasteiger partial charge in [-0.3, -0.25) is 0 Å². The summed E-state index contributed by atoms with van der Waals surface area (Å²) in [5.74, 6) is -1.67. The molecule has 2 aromatic rings. The Morgan fingerprint density at radius 1 is 1.11 bits per heavy atom. The summed E-state index contributed by atoms with van der Waals surface area (Å²) >= 11 is 0. The van der Waals surface area contributed by atoms with Crippen molar-refractivity contribution in [3.63, 3.8) is 0 Å². The average Bonchev–Trinajstić information content (AvgIpc) is 2.79. The van der Waals surface area contributed by atoms with Gasteiger partial charge in [0.1, 0.15) is 5.82 Å². The van der Waals surface area contributed by atoms with Crippen LogP contribution in [0.2, 0.25) is 0 Å². The molecule has 2 aromatic carbocycles. The van der Waals surface area contributed by atoms with Gasteiger partial charge in [-0.05, 0) is 70.7 Å². The third kappa shape index (κ3) is 4.58. The van der Waals surface area contributed by atoms with Gasteiger partial charge in [-0.1, -0.05) is 18.2 Å². The van der Waals surface area contributed by atoms with Gasteiger partial charge in [0.2, 0.25) is 0 Å². The molecule has 0 radical (unpaired) electrons. The van der Waals surface area contributed by atoms with Crippen LogP contribution in [0.4, 0.5) is 4.39 Å². The molecule has 0 bridgehead atoms. The summed E-state index contributed by atoms with van der Waals surface area (Å²) in [4.78, 5) is 11.3. The summed E-state index contributed by atoms with van der Waals surface area (Å²) in [6.45, 7) is 1.78. The third-order valence-electron chi connectivity index (χ3n) is 4.39. The Kier molecular flexibility index (Phi) is 6.47. The second-order valence-corrected chi connectivity index (χ2v) is 8.26. The molecule has 0 N–H and O–H groups in total. The van der Waals surface area contributed by atoms with Crippen molar-refractivity contribution >= 4 is 33.0 Å². The van der Waals surface area contributed by atoms with E-state index in [4.69, 9.17) is 0 Å². The summed E-state index contributed by atoms with van der Waals surface area (Å²) in [7, 11) is -3.28. The van der Waals surface area contributed by atoms with Crippen LogP contribution in [0.3, 0.4) is 0 Å². The fourth-order valence-corrected chi connectivity index (χ4v) is 3.73. The first-order valence-corrected chi connectivity index (χ1v) is 9.78. The molecule has 134 valence electrons. The van der Waals surface area contributed by atoms with E-state index in [2.05, 4.69) is 0 Å². The second kappa shape index (κ2) is 8.10. The molecule has 7 heteroatoms. The van der Waals surface area contributed by atoms with Gasteiger partial charge in [0.05, 0.1) is 4.90 Å². The van der Waals surface area contributed by atoms with Crippen LogP contribution >= 0.6 is 0 Å². The maximum Gasteiger partial charge on any atom is 1.00 e. The van der Waals surface area contributed by atoms with Gasteiger partial charge in [0, 0.05) is 18.6 Å². The first-order valence-electron chi connectivity index (χ1n) is 7.89. The molecule has 0 unspecified atom stereocenters. The van der Waals surface area contributed by atoms with Crippen molar-refractivity contribution in [1.29, 1.82) is 0 Å². The van der Waals surface area contributed by atoms with Crippen molar-refractivity contribution < 1.29 is 52.3 Å². The number of aliphatic carboxylic acids is 1. The van der Waals surface area contributed by atoms with Gasteiger partial charge < -0.3 is 9.90 Å². The van der Waals surface area contributed by atoms with E-state index in [-0.39, 0.29) is 40.9 Å². The van der Waals surface area contributed by atoms with E-state index in [9.17, 15) is 22.7 Å². The average molecular weight is 394 g/mol. The third-order valence-corrected chi connectivity index (χ3v) is 5.52. The molecule has 0 amide bonds. The van der Waals surface area contributed by atoms with Crippen LogP contribution in [-0.4, -0.2) is 20.6 Å². The Balaban J connectivity index is 0.00000261. The number of carboxylic acid groups (broad SMARTS) is 1. The molecule has 0 fully saturated rings. The fourth-order valence-electron chi connectivity index (χ4n) is 3.10. The molecule has 4 nitrogen and oxygen atoms in total. The molecule has 0 saturated heterocycles. The minimum absolute atomic E-state index is 0. The maximum absolute atomic E-state index is 13.6. The molecular weight excluding hydrogens is 378 g/mol. The number of allylic oxidation sites excluding steroid dienone is 2. The summed E-state index contributed by atoms with van der Waals surface area (Å²) < 4.78 is 36.8. The van der Waals surface area contributed by atoms with Crippen LogP contribution in [0.15, 0.2) is 52.9 Å². The Morgan fingerprint density at radius 2 is 1.74 bits per heavy atom. The molecule has 1 aliphatic rings. The van der Waals surface area contributed by atoms with Crippen LogP contribution in [0.1, 0.15) is 30.0 Å². The zero-order valence-corrected chi connectivity index (χ0v) is 18.1. The number of benzene rings is 2. The number of hydrogen-bond acceptors (Lipinski definition) is 4. The quantitative estimate of drug-likeness (QED) is 0.668. The monoisotopic (exact) mass is 394 g/mol. The second-order valence-electron chi connectivity index (χ2n) is 6.24. The van der Waals surface area contributed by atoms with Crippen LogP contribution < -0.4 is 34.7 Å². The molecule has 0 spiro atoms. The number of halogens is 1. The van der Waals surface area contributed by atoms with Gasteiger partial charge in [-0.25, -0.2) is 12.8 Å². The van der Waals surface area contributed by atoms with E-state index in [1.54, 1.807) is 25.1 Å². The molecular formula is C20H16FNaO4S. The molecule has 0 atom stereocenters. The van der Waals surface area contributed by atoms with Crippen LogP contribution in [-0.2, 0) is 14.6 Å². The van der Waals surface area contributed by atoms with E-state index in [0.29, 0.717) is 11.1 Å². The molecule has 0 aromatic heterocycles. The van der Waals surface area contributed by atoms with Crippen LogP contribution in [0.5, 0.6) is 0 Å². The van der Waals surface area contributed by atoms with Crippen molar-refractivity contribution in [3.8, 4) is 0 Å². The Bertz CT molecular complexity index is 1070. The van der Waals surface area contributed by atoms with Crippen molar-refractivity contribution in [2.24, 2.45) is 0 Å². The Morgan fingerprint density at radius 3 is 2.30 bits per heavy atom. The number of fused-ring (bicyclic) bond motifs is 1. The smallest absolute Gasteiger partial charge is 0.550 e. The van der Waals surface area contributed by atoms with Crippen LogP contribution in [0.25, 0.3) is 17.2 Å². The number of carbonyl (C=O) groups excluding carboxylic acids is 1. The molecule has 0 saturated carbocycles. The van der Waals surface area contributed by atoms with Gasteiger partial charge >= 0.3 is 29.6 Å². The Labute approximate surface area is 179 Å². The summed E-state index contributed by atoms with van der Waals surface area (Å²) in [5, 5.41) is 11.1. The van der Waals surface area contributed by atoms with Gasteiger partial charge in [-0.2, -0.15) is 0 Å². The standard InChI is InChI=1S/C20H17FO4S.Na/c1-12-17(9-13-3-6-15(7-4-13)26(2,24)25)16-8-5-14(21)10-19(16)18(12)11-20(22)23;/h3-10H,11H2,1-2H3,(H,22,23);/q;+1/p-1/b17-9+;. The van der Waals surface area contributed by atoms with E-state index < -0.39 is 21.6 Å². The van der Waals surface area contributed by atoms with E-state index in [0.717, 1.165) is 28.5 Å². The van der Waals surface area contributed by atoms with Crippen LogP contribution in [0, 0.1) is 5.82 Å². The minimum atomic E-state index is -3.28. The predicted octanol–water partition coefficient (Wildman–Crippen LogP) is -0.299. The van der Waals surface area contributed by atoms with E-state index in [1.807, 2.05) is 6.08 Å². The van der Waals surface area contributed by atoms with Gasteiger partial charge in [0.15, 0.2) is 9.84 Å². The first kappa shape index (κ1) is 21.6. The molecule has 3 rings (SSSR count). The Hall–Kier alpha value is -1.73. The van der Waals surface area contributed by atoms with Gasteiger partial charge in [0.25, 0.3) is 0 Å². The number of sulfone groups is 1. The number of carbonyl (C=O) groups is 1. The molecule has 0 heterocycles. The van der Waals surface area contributed by atoms with Crippen molar-refractivity contribution in [3.05, 3.63) is 70.5 Å². The predicted molar refractivity (Wildman–Crippen MR) is 96.0 cm³/mol.